The Kier molecular flexibility index (Phi) is 4.23. The van der Waals surface area contributed by atoms with Crippen molar-refractivity contribution in [1.29, 1.82) is 0 Å². The smallest absolute Gasteiger partial charge is 0.230 e. The zero-order valence-electron chi connectivity index (χ0n) is 13.2. The van der Waals surface area contributed by atoms with E-state index in [1.165, 1.54) is 5.56 Å². The number of hydrogen-bond donors (Lipinski definition) is 0. The molecule has 0 N–H and O–H groups in total. The van der Waals surface area contributed by atoms with Gasteiger partial charge in [-0.25, -0.2) is 0 Å². The van der Waals surface area contributed by atoms with Crippen molar-refractivity contribution in [3.8, 4) is 0 Å². The lowest BCUT2D eigenvalue weighted by atomic mass is 9.89. The summed E-state index contributed by atoms with van der Waals surface area (Å²) in [5.74, 6) is 0.644. The van der Waals surface area contributed by atoms with Crippen molar-refractivity contribution in [2.75, 3.05) is 0 Å². The van der Waals surface area contributed by atoms with Gasteiger partial charge in [0.25, 0.3) is 0 Å². The Morgan fingerprint density at radius 2 is 1.91 bits per heavy atom. The summed E-state index contributed by atoms with van der Waals surface area (Å²) in [5.41, 5.74) is 3.32. The molecule has 0 bridgehead atoms. The van der Waals surface area contributed by atoms with Gasteiger partial charge in [-0.1, -0.05) is 50.2 Å². The fraction of sp³-hybridized carbons (Fsp3) is 0.368. The fourth-order valence-electron chi connectivity index (χ4n) is 3.11. The molecule has 0 aliphatic carbocycles. The number of aromatic nitrogens is 1. The maximum absolute atomic E-state index is 13.0. The van der Waals surface area contributed by atoms with Crippen molar-refractivity contribution >= 4 is 5.91 Å². The molecule has 1 aliphatic heterocycles. The van der Waals surface area contributed by atoms with E-state index in [1.54, 1.807) is 6.20 Å². The Morgan fingerprint density at radius 3 is 2.59 bits per heavy atom. The standard InChI is InChI=1S/C19H22N2O/c1-14(2)11-17(15-7-4-3-5-8-15)19(22)21-12-16-9-6-10-20-18(16)13-21/h3-10,14,17H,11-13H2,1-2H3/t17-/m1/s1. The van der Waals surface area contributed by atoms with Crippen LogP contribution < -0.4 is 0 Å². The highest BCUT2D eigenvalue weighted by atomic mass is 16.2. The van der Waals surface area contributed by atoms with Gasteiger partial charge in [-0.15, -0.1) is 0 Å². The molecule has 0 spiro atoms. The van der Waals surface area contributed by atoms with Gasteiger partial charge in [0.1, 0.15) is 0 Å². The number of rotatable bonds is 4. The van der Waals surface area contributed by atoms with E-state index in [0.29, 0.717) is 19.0 Å². The van der Waals surface area contributed by atoms with Gasteiger partial charge in [-0.2, -0.15) is 0 Å². The first-order valence-electron chi connectivity index (χ1n) is 7.91. The summed E-state index contributed by atoms with van der Waals surface area (Å²) in [6, 6.07) is 14.1. The van der Waals surface area contributed by atoms with Crippen molar-refractivity contribution < 1.29 is 4.79 Å². The summed E-state index contributed by atoms with van der Waals surface area (Å²) in [7, 11) is 0. The topological polar surface area (TPSA) is 33.2 Å². The maximum atomic E-state index is 13.0. The first-order valence-corrected chi connectivity index (χ1v) is 7.91. The predicted octanol–water partition coefficient (Wildman–Crippen LogP) is 3.75. The number of pyridine rings is 1. The van der Waals surface area contributed by atoms with Crippen LogP contribution in [0.5, 0.6) is 0 Å². The van der Waals surface area contributed by atoms with Crippen LogP contribution in [0.4, 0.5) is 0 Å². The lowest BCUT2D eigenvalue weighted by molar-refractivity contribution is -0.133. The van der Waals surface area contributed by atoms with Gasteiger partial charge in [-0.3, -0.25) is 9.78 Å². The molecule has 1 aromatic heterocycles. The summed E-state index contributed by atoms with van der Waals surface area (Å²) in [6.07, 6.45) is 2.68. The van der Waals surface area contributed by atoms with E-state index in [1.807, 2.05) is 29.2 Å². The quantitative estimate of drug-likeness (QED) is 0.860. The summed E-state index contributed by atoms with van der Waals surface area (Å²) < 4.78 is 0. The second-order valence-electron chi connectivity index (χ2n) is 6.40. The van der Waals surface area contributed by atoms with Gasteiger partial charge in [0, 0.05) is 12.7 Å². The number of carbonyl (C=O) groups excluding carboxylic acids is 1. The van der Waals surface area contributed by atoms with Gasteiger partial charge >= 0.3 is 0 Å². The third-order valence-electron chi connectivity index (χ3n) is 4.21. The van der Waals surface area contributed by atoms with Crippen LogP contribution in [0.1, 0.15) is 43.0 Å². The van der Waals surface area contributed by atoms with Gasteiger partial charge in [0.05, 0.1) is 18.2 Å². The molecule has 1 amide bonds. The lowest BCUT2D eigenvalue weighted by Gasteiger charge is -2.24. The second kappa shape index (κ2) is 6.30. The summed E-state index contributed by atoms with van der Waals surface area (Å²) in [5, 5.41) is 0. The van der Waals surface area contributed by atoms with Gasteiger partial charge in [0.15, 0.2) is 0 Å². The molecular formula is C19H22N2O. The Balaban J connectivity index is 1.82. The van der Waals surface area contributed by atoms with Crippen LogP contribution in [-0.2, 0) is 17.9 Å². The molecule has 2 aromatic rings. The summed E-state index contributed by atoms with van der Waals surface area (Å²) in [6.45, 7) is 5.66. The van der Waals surface area contributed by atoms with Crippen LogP contribution in [0.3, 0.4) is 0 Å². The Labute approximate surface area is 132 Å². The number of hydrogen-bond acceptors (Lipinski definition) is 2. The van der Waals surface area contributed by atoms with Crippen LogP contribution in [0, 0.1) is 5.92 Å². The number of fused-ring (bicyclic) bond motifs is 1. The van der Waals surface area contributed by atoms with Crippen molar-refractivity contribution in [3.63, 3.8) is 0 Å². The predicted molar refractivity (Wildman–Crippen MR) is 87.1 cm³/mol. The molecule has 22 heavy (non-hydrogen) atoms. The van der Waals surface area contributed by atoms with Crippen LogP contribution in [0.15, 0.2) is 48.7 Å². The molecule has 2 heterocycles. The molecule has 3 heteroatoms. The molecule has 0 unspecified atom stereocenters. The molecule has 1 aliphatic rings. The van der Waals surface area contributed by atoms with E-state index in [9.17, 15) is 4.79 Å². The molecule has 0 saturated carbocycles. The number of amides is 1. The number of nitrogens with zero attached hydrogens (tertiary/aromatic N) is 2. The zero-order chi connectivity index (χ0) is 15.5. The van der Waals surface area contributed by atoms with E-state index in [0.717, 1.165) is 17.7 Å². The Morgan fingerprint density at radius 1 is 1.14 bits per heavy atom. The van der Waals surface area contributed by atoms with E-state index in [2.05, 4.69) is 37.0 Å². The summed E-state index contributed by atoms with van der Waals surface area (Å²) >= 11 is 0. The normalized spacial score (nSPS) is 15.0. The minimum atomic E-state index is -0.0597. The van der Waals surface area contributed by atoms with Crippen LogP contribution >= 0.6 is 0 Å². The van der Waals surface area contributed by atoms with Crippen molar-refractivity contribution in [3.05, 3.63) is 65.5 Å². The number of carbonyl (C=O) groups is 1. The van der Waals surface area contributed by atoms with Gasteiger partial charge < -0.3 is 4.90 Å². The molecule has 0 radical (unpaired) electrons. The largest absolute Gasteiger partial charge is 0.332 e. The van der Waals surface area contributed by atoms with E-state index >= 15 is 0 Å². The molecule has 0 saturated heterocycles. The highest BCUT2D eigenvalue weighted by molar-refractivity contribution is 5.84. The SMILES string of the molecule is CC(C)C[C@@H](C(=O)N1Cc2cccnc2C1)c1ccccc1. The number of benzene rings is 1. The minimum absolute atomic E-state index is 0.0597. The van der Waals surface area contributed by atoms with E-state index in [-0.39, 0.29) is 11.8 Å². The van der Waals surface area contributed by atoms with Crippen molar-refractivity contribution in [2.45, 2.75) is 39.3 Å². The van der Waals surface area contributed by atoms with Crippen molar-refractivity contribution in [1.82, 2.24) is 9.88 Å². The molecule has 1 atom stereocenters. The highest BCUT2D eigenvalue weighted by Gasteiger charge is 2.30. The maximum Gasteiger partial charge on any atom is 0.230 e. The first kappa shape index (κ1) is 14.8. The average molecular weight is 294 g/mol. The van der Waals surface area contributed by atoms with Crippen LogP contribution in [-0.4, -0.2) is 15.8 Å². The van der Waals surface area contributed by atoms with E-state index in [4.69, 9.17) is 0 Å². The van der Waals surface area contributed by atoms with Crippen LogP contribution in [0.25, 0.3) is 0 Å². The highest BCUT2D eigenvalue weighted by Crippen LogP contribution is 2.30. The first-order chi connectivity index (χ1) is 10.6. The summed E-state index contributed by atoms with van der Waals surface area (Å²) in [4.78, 5) is 19.4. The fourth-order valence-corrected chi connectivity index (χ4v) is 3.11. The molecule has 1 aromatic carbocycles. The third-order valence-corrected chi connectivity index (χ3v) is 4.21. The molecule has 0 fully saturated rings. The minimum Gasteiger partial charge on any atom is -0.332 e. The zero-order valence-corrected chi connectivity index (χ0v) is 13.2. The Bertz CT molecular complexity index is 626. The van der Waals surface area contributed by atoms with E-state index < -0.39 is 0 Å². The second-order valence-corrected chi connectivity index (χ2v) is 6.40. The lowest BCUT2D eigenvalue weighted by Crippen LogP contribution is -2.31. The van der Waals surface area contributed by atoms with Gasteiger partial charge in [0.2, 0.25) is 5.91 Å². The van der Waals surface area contributed by atoms with Gasteiger partial charge in [-0.05, 0) is 29.5 Å². The van der Waals surface area contributed by atoms with Crippen LogP contribution in [0.2, 0.25) is 0 Å². The molecular weight excluding hydrogens is 272 g/mol. The molecule has 3 rings (SSSR count). The Hall–Kier alpha value is -2.16. The monoisotopic (exact) mass is 294 g/mol. The van der Waals surface area contributed by atoms with Crippen molar-refractivity contribution in [2.24, 2.45) is 5.92 Å². The molecule has 114 valence electrons. The molecule has 3 nitrogen and oxygen atoms in total. The average Bonchev–Trinajstić information content (AvgIpc) is 2.96. The third kappa shape index (κ3) is 3.03.